The van der Waals surface area contributed by atoms with Gasteiger partial charge in [0.15, 0.2) is 0 Å². The van der Waals surface area contributed by atoms with Crippen LogP contribution in [0.2, 0.25) is 0 Å². The molecule has 1 heterocycles. The molecular formula is C15H21BO2. The Bertz CT molecular complexity index is 463. The van der Waals surface area contributed by atoms with Gasteiger partial charge in [-0.1, -0.05) is 18.2 Å². The highest BCUT2D eigenvalue weighted by Gasteiger charge is 2.51. The molecule has 0 bridgehead atoms. The van der Waals surface area contributed by atoms with Crippen molar-refractivity contribution >= 4 is 12.6 Å². The largest absolute Gasteiger partial charge is 0.494 e. The second-order valence-electron chi connectivity index (χ2n) is 6.47. The number of hydrogen-bond acceptors (Lipinski definition) is 2. The fourth-order valence-corrected chi connectivity index (χ4v) is 2.72. The third-order valence-corrected chi connectivity index (χ3v) is 4.65. The minimum absolute atomic E-state index is 0.221. The molecule has 1 aliphatic heterocycles. The SMILES string of the molecule is CC1(C)OB(c2ccc3c(c2)CCC3)OC1(C)C. The van der Waals surface area contributed by atoms with E-state index in [1.807, 2.05) is 0 Å². The first-order valence-electron chi connectivity index (χ1n) is 6.86. The smallest absolute Gasteiger partial charge is 0.399 e. The molecule has 2 nitrogen and oxygen atoms in total. The van der Waals surface area contributed by atoms with E-state index in [0.29, 0.717) is 0 Å². The average Bonchev–Trinajstić information content (AvgIpc) is 2.80. The standard InChI is InChI=1S/C15H21BO2/c1-14(2)15(3,4)18-16(17-14)13-9-8-11-6-5-7-12(11)10-13/h8-10H,5-7H2,1-4H3. The summed E-state index contributed by atoms with van der Waals surface area (Å²) in [6.07, 6.45) is 3.70. The Morgan fingerprint density at radius 2 is 1.56 bits per heavy atom. The number of fused-ring (bicyclic) bond motifs is 1. The third-order valence-electron chi connectivity index (χ3n) is 4.65. The van der Waals surface area contributed by atoms with Crippen LogP contribution in [0.1, 0.15) is 45.2 Å². The quantitative estimate of drug-likeness (QED) is 0.706. The molecule has 0 spiro atoms. The van der Waals surface area contributed by atoms with Crippen molar-refractivity contribution in [3.8, 4) is 0 Å². The van der Waals surface area contributed by atoms with E-state index in [2.05, 4.69) is 45.9 Å². The fraction of sp³-hybridized carbons (Fsp3) is 0.600. The first-order chi connectivity index (χ1) is 8.39. The third kappa shape index (κ3) is 1.81. The summed E-state index contributed by atoms with van der Waals surface area (Å²) < 4.78 is 12.2. The van der Waals surface area contributed by atoms with E-state index in [9.17, 15) is 0 Å². The topological polar surface area (TPSA) is 18.5 Å². The normalized spacial score (nSPS) is 24.3. The molecule has 0 atom stereocenters. The van der Waals surface area contributed by atoms with Crippen LogP contribution in [-0.2, 0) is 22.2 Å². The predicted octanol–water partition coefficient (Wildman–Crippen LogP) is 2.47. The highest BCUT2D eigenvalue weighted by Crippen LogP contribution is 2.36. The van der Waals surface area contributed by atoms with E-state index in [1.165, 1.54) is 30.4 Å². The summed E-state index contributed by atoms with van der Waals surface area (Å²) in [5.74, 6) is 0. The molecular weight excluding hydrogens is 223 g/mol. The van der Waals surface area contributed by atoms with Gasteiger partial charge in [-0.25, -0.2) is 0 Å². The van der Waals surface area contributed by atoms with E-state index in [4.69, 9.17) is 9.31 Å². The summed E-state index contributed by atoms with van der Waals surface area (Å²) in [4.78, 5) is 0. The molecule has 0 N–H and O–H groups in total. The van der Waals surface area contributed by atoms with Crippen molar-refractivity contribution in [1.29, 1.82) is 0 Å². The summed E-state index contributed by atoms with van der Waals surface area (Å²) in [5.41, 5.74) is 3.62. The molecule has 3 heteroatoms. The van der Waals surface area contributed by atoms with Gasteiger partial charge in [-0.2, -0.15) is 0 Å². The van der Waals surface area contributed by atoms with Gasteiger partial charge < -0.3 is 9.31 Å². The van der Waals surface area contributed by atoms with Crippen molar-refractivity contribution in [1.82, 2.24) is 0 Å². The van der Waals surface area contributed by atoms with Gasteiger partial charge in [0.25, 0.3) is 0 Å². The van der Waals surface area contributed by atoms with Gasteiger partial charge in [0.05, 0.1) is 11.2 Å². The maximum atomic E-state index is 6.09. The van der Waals surface area contributed by atoms with Crippen molar-refractivity contribution < 1.29 is 9.31 Å². The minimum Gasteiger partial charge on any atom is -0.399 e. The monoisotopic (exact) mass is 244 g/mol. The zero-order chi connectivity index (χ0) is 13.0. The van der Waals surface area contributed by atoms with Crippen molar-refractivity contribution in [2.75, 3.05) is 0 Å². The fourth-order valence-electron chi connectivity index (χ4n) is 2.72. The van der Waals surface area contributed by atoms with Crippen LogP contribution in [0, 0.1) is 0 Å². The minimum atomic E-state index is -0.253. The van der Waals surface area contributed by atoms with Crippen LogP contribution < -0.4 is 5.46 Å². The lowest BCUT2D eigenvalue weighted by Crippen LogP contribution is -2.41. The van der Waals surface area contributed by atoms with Crippen LogP contribution in [0.5, 0.6) is 0 Å². The van der Waals surface area contributed by atoms with Crippen LogP contribution in [-0.4, -0.2) is 18.3 Å². The lowest BCUT2D eigenvalue weighted by molar-refractivity contribution is 0.00578. The second kappa shape index (κ2) is 3.85. The van der Waals surface area contributed by atoms with E-state index in [-0.39, 0.29) is 18.3 Å². The molecule has 0 aromatic heterocycles. The molecule has 1 aliphatic carbocycles. The molecule has 1 fully saturated rings. The summed E-state index contributed by atoms with van der Waals surface area (Å²) >= 11 is 0. The second-order valence-corrected chi connectivity index (χ2v) is 6.47. The average molecular weight is 244 g/mol. The number of hydrogen-bond donors (Lipinski definition) is 0. The Balaban J connectivity index is 1.89. The Morgan fingerprint density at radius 3 is 2.22 bits per heavy atom. The number of benzene rings is 1. The highest BCUT2D eigenvalue weighted by atomic mass is 16.7. The first-order valence-corrected chi connectivity index (χ1v) is 6.86. The van der Waals surface area contributed by atoms with Crippen molar-refractivity contribution in [2.24, 2.45) is 0 Å². The van der Waals surface area contributed by atoms with Gasteiger partial charge in [0.1, 0.15) is 0 Å². The molecule has 0 saturated carbocycles. The van der Waals surface area contributed by atoms with E-state index >= 15 is 0 Å². The maximum absolute atomic E-state index is 6.09. The van der Waals surface area contributed by atoms with E-state index in [0.717, 1.165) is 5.46 Å². The molecule has 0 amide bonds. The van der Waals surface area contributed by atoms with Gasteiger partial charge in [-0.05, 0) is 63.5 Å². The molecule has 1 aromatic rings. The zero-order valence-electron chi connectivity index (χ0n) is 11.7. The summed E-state index contributed by atoms with van der Waals surface area (Å²) in [6.45, 7) is 8.39. The van der Waals surface area contributed by atoms with Gasteiger partial charge in [-0.3, -0.25) is 0 Å². The molecule has 0 radical (unpaired) electrons. The Hall–Kier alpha value is -0.795. The highest BCUT2D eigenvalue weighted by molar-refractivity contribution is 6.62. The molecule has 3 rings (SSSR count). The number of aryl methyl sites for hydroxylation is 2. The van der Waals surface area contributed by atoms with Gasteiger partial charge in [0.2, 0.25) is 0 Å². The van der Waals surface area contributed by atoms with Crippen LogP contribution in [0.25, 0.3) is 0 Å². The molecule has 96 valence electrons. The Labute approximate surface area is 110 Å². The lowest BCUT2D eigenvalue weighted by atomic mass is 9.78. The summed E-state index contributed by atoms with van der Waals surface area (Å²) in [6, 6.07) is 6.67. The van der Waals surface area contributed by atoms with E-state index in [1.54, 1.807) is 0 Å². The van der Waals surface area contributed by atoms with Crippen LogP contribution in [0.3, 0.4) is 0 Å². The number of rotatable bonds is 1. The lowest BCUT2D eigenvalue weighted by Gasteiger charge is -2.32. The van der Waals surface area contributed by atoms with Gasteiger partial charge >= 0.3 is 7.12 Å². The first kappa shape index (κ1) is 12.2. The summed E-state index contributed by atoms with van der Waals surface area (Å²) in [5, 5.41) is 0. The van der Waals surface area contributed by atoms with E-state index < -0.39 is 0 Å². The molecule has 1 aromatic carbocycles. The molecule has 1 saturated heterocycles. The van der Waals surface area contributed by atoms with Crippen LogP contribution >= 0.6 is 0 Å². The van der Waals surface area contributed by atoms with Crippen molar-refractivity contribution in [2.45, 2.75) is 58.2 Å². The summed E-state index contributed by atoms with van der Waals surface area (Å²) in [7, 11) is -0.221. The molecule has 18 heavy (non-hydrogen) atoms. The predicted molar refractivity (Wildman–Crippen MR) is 74.2 cm³/mol. The van der Waals surface area contributed by atoms with Crippen molar-refractivity contribution in [3.63, 3.8) is 0 Å². The van der Waals surface area contributed by atoms with Crippen LogP contribution in [0.4, 0.5) is 0 Å². The maximum Gasteiger partial charge on any atom is 0.494 e. The van der Waals surface area contributed by atoms with Gasteiger partial charge in [0, 0.05) is 0 Å². The van der Waals surface area contributed by atoms with Crippen LogP contribution in [0.15, 0.2) is 18.2 Å². The molecule has 2 aliphatic rings. The molecule has 0 unspecified atom stereocenters. The Morgan fingerprint density at radius 1 is 0.944 bits per heavy atom. The Kier molecular flexibility index (Phi) is 2.62. The zero-order valence-corrected chi connectivity index (χ0v) is 11.7. The van der Waals surface area contributed by atoms with Gasteiger partial charge in [-0.15, -0.1) is 0 Å². The van der Waals surface area contributed by atoms with Crippen molar-refractivity contribution in [3.05, 3.63) is 29.3 Å².